The van der Waals surface area contributed by atoms with Crippen LogP contribution in [0.1, 0.15) is 39.5 Å². The molecule has 0 radical (unpaired) electrons. The summed E-state index contributed by atoms with van der Waals surface area (Å²) in [6, 6.07) is 5.54. The van der Waals surface area contributed by atoms with Gasteiger partial charge in [0.2, 0.25) is 5.95 Å². The first-order valence-electron chi connectivity index (χ1n) is 10.5. The zero-order chi connectivity index (χ0) is 21.4. The fourth-order valence-electron chi connectivity index (χ4n) is 4.58. The van der Waals surface area contributed by atoms with Crippen LogP contribution in [0.25, 0.3) is 10.6 Å². The molecular weight excluding hydrogens is 441 g/mol. The molecule has 2 aromatic rings. The van der Waals surface area contributed by atoms with E-state index in [4.69, 9.17) is 39.8 Å². The third kappa shape index (κ3) is 3.91. The van der Waals surface area contributed by atoms with E-state index in [1.807, 2.05) is 25.1 Å². The van der Waals surface area contributed by atoms with Crippen LogP contribution in [0.15, 0.2) is 30.4 Å². The van der Waals surface area contributed by atoms with Crippen molar-refractivity contribution in [3.05, 3.63) is 51.1 Å². The Morgan fingerprint density at radius 1 is 1.20 bits per heavy atom. The molecule has 1 aromatic heterocycles. The lowest BCUT2D eigenvalue weighted by Crippen LogP contribution is -2.39. The van der Waals surface area contributed by atoms with Gasteiger partial charge in [-0.15, -0.1) is 0 Å². The molecule has 1 aliphatic heterocycles. The number of aliphatic hydroxyl groups excluding tert-OH is 1. The van der Waals surface area contributed by atoms with Crippen molar-refractivity contribution in [1.82, 2.24) is 9.55 Å². The molecule has 2 heterocycles. The summed E-state index contributed by atoms with van der Waals surface area (Å²) in [7, 11) is 0. The molecule has 1 aliphatic carbocycles. The van der Waals surface area contributed by atoms with Crippen molar-refractivity contribution < 1.29 is 5.11 Å². The molecule has 0 saturated heterocycles. The van der Waals surface area contributed by atoms with Gasteiger partial charge in [0.25, 0.3) is 0 Å². The maximum atomic E-state index is 10.6. The highest BCUT2D eigenvalue weighted by Gasteiger charge is 2.28. The molecular formula is C23H26Cl3N3O. The lowest BCUT2D eigenvalue weighted by atomic mass is 9.87. The Morgan fingerprint density at radius 2 is 2.00 bits per heavy atom. The number of hydrogen-bond acceptors (Lipinski definition) is 3. The molecule has 0 bridgehead atoms. The van der Waals surface area contributed by atoms with Crippen LogP contribution in [0.3, 0.4) is 0 Å². The summed E-state index contributed by atoms with van der Waals surface area (Å²) < 4.78 is 2.25. The number of benzene rings is 1. The number of aromatic nitrogens is 2. The number of anilines is 2. The molecule has 0 saturated carbocycles. The van der Waals surface area contributed by atoms with E-state index in [9.17, 15) is 5.11 Å². The number of rotatable bonds is 5. The third-order valence-corrected chi connectivity index (χ3v) is 6.76. The van der Waals surface area contributed by atoms with E-state index in [1.54, 1.807) is 6.07 Å². The van der Waals surface area contributed by atoms with Crippen LogP contribution in [0.5, 0.6) is 0 Å². The van der Waals surface area contributed by atoms with Crippen molar-refractivity contribution in [3.63, 3.8) is 0 Å². The fourth-order valence-corrected chi connectivity index (χ4v) is 5.31. The van der Waals surface area contributed by atoms with E-state index >= 15 is 0 Å². The summed E-state index contributed by atoms with van der Waals surface area (Å²) >= 11 is 19.3. The average Bonchev–Trinajstić information content (AvgIpc) is 3.02. The Hall–Kier alpha value is -1.46. The van der Waals surface area contributed by atoms with Crippen LogP contribution in [-0.2, 0) is 6.54 Å². The van der Waals surface area contributed by atoms with Crippen molar-refractivity contribution in [1.29, 1.82) is 0 Å². The molecule has 1 aromatic carbocycles. The molecule has 7 heteroatoms. The largest absolute Gasteiger partial charge is 0.393 e. The minimum Gasteiger partial charge on any atom is -0.393 e. The Kier molecular flexibility index (Phi) is 6.50. The average molecular weight is 467 g/mol. The number of imidazole rings is 1. The second kappa shape index (κ2) is 8.96. The third-order valence-electron chi connectivity index (χ3n) is 5.91. The number of fused-ring (bicyclic) bond motifs is 3. The predicted octanol–water partition coefficient (Wildman–Crippen LogP) is 4.99. The maximum Gasteiger partial charge on any atom is 0.211 e. The van der Waals surface area contributed by atoms with Gasteiger partial charge in [0.05, 0.1) is 27.2 Å². The van der Waals surface area contributed by atoms with Crippen molar-refractivity contribution in [2.75, 3.05) is 11.4 Å². The second-order valence-electron chi connectivity index (χ2n) is 7.98. The van der Waals surface area contributed by atoms with Gasteiger partial charge in [0.1, 0.15) is 5.35 Å². The van der Waals surface area contributed by atoms with E-state index in [0.717, 1.165) is 61.1 Å². The first-order chi connectivity index (χ1) is 14.4. The predicted molar refractivity (Wildman–Crippen MR) is 126 cm³/mol. The van der Waals surface area contributed by atoms with E-state index in [2.05, 4.69) is 22.5 Å². The topological polar surface area (TPSA) is 41.3 Å². The number of halogens is 3. The number of aliphatic hydroxyl groups is 1. The van der Waals surface area contributed by atoms with Gasteiger partial charge in [0, 0.05) is 24.0 Å². The van der Waals surface area contributed by atoms with Crippen LogP contribution in [0.4, 0.5) is 11.6 Å². The zero-order valence-electron chi connectivity index (χ0n) is 17.2. The van der Waals surface area contributed by atoms with E-state index in [0.29, 0.717) is 15.1 Å². The summed E-state index contributed by atoms with van der Waals surface area (Å²) in [4.78, 5) is 7.12. The van der Waals surface area contributed by atoms with Crippen LogP contribution >= 0.6 is 34.8 Å². The summed E-state index contributed by atoms with van der Waals surface area (Å²) in [6.07, 6.45) is 7.21. The van der Waals surface area contributed by atoms with Crippen LogP contribution < -0.4 is 15.6 Å². The highest BCUT2D eigenvalue weighted by molar-refractivity contribution is 6.47. The van der Waals surface area contributed by atoms with Gasteiger partial charge < -0.3 is 14.6 Å². The summed E-state index contributed by atoms with van der Waals surface area (Å²) in [5.74, 6) is 0.901. The minimum atomic E-state index is -0.436. The number of hydrogen-bond donors (Lipinski definition) is 1. The minimum absolute atomic E-state index is 0.0660. The van der Waals surface area contributed by atoms with Gasteiger partial charge >= 0.3 is 0 Å². The Bertz CT molecular complexity index is 1100. The molecule has 160 valence electrons. The van der Waals surface area contributed by atoms with Crippen LogP contribution in [0, 0.1) is 5.92 Å². The molecule has 0 spiro atoms. The highest BCUT2D eigenvalue weighted by atomic mass is 35.5. The molecule has 4 rings (SSSR count). The van der Waals surface area contributed by atoms with Gasteiger partial charge in [-0.05, 0) is 56.0 Å². The van der Waals surface area contributed by atoms with Crippen LogP contribution in [-0.4, -0.2) is 27.3 Å². The van der Waals surface area contributed by atoms with Gasteiger partial charge in [-0.25, -0.2) is 4.98 Å². The summed E-state index contributed by atoms with van der Waals surface area (Å²) in [5, 5.41) is 14.2. The van der Waals surface area contributed by atoms with E-state index in [1.165, 1.54) is 5.57 Å². The fraction of sp³-hybridized carbons (Fsp3) is 0.435. The summed E-state index contributed by atoms with van der Waals surface area (Å²) in [6.45, 7) is 5.69. The lowest BCUT2D eigenvalue weighted by molar-refractivity contribution is 0.146. The van der Waals surface area contributed by atoms with Gasteiger partial charge in [-0.2, -0.15) is 0 Å². The molecule has 2 unspecified atom stereocenters. The number of allylic oxidation sites excluding steroid dienone is 2. The first kappa shape index (κ1) is 21.8. The van der Waals surface area contributed by atoms with E-state index < -0.39 is 6.10 Å². The SMILES string of the molecule is CCCC(C1=c2c(nc3n2CCCN3c2ccc(Cl)cc2Cl)=C(Cl)C=CC1)C(C)O. The molecule has 4 nitrogen and oxygen atoms in total. The highest BCUT2D eigenvalue weighted by Crippen LogP contribution is 2.35. The van der Waals surface area contributed by atoms with Crippen LogP contribution in [0.2, 0.25) is 10.0 Å². The van der Waals surface area contributed by atoms with Crippen molar-refractivity contribution in [2.45, 2.75) is 52.2 Å². The first-order valence-corrected chi connectivity index (χ1v) is 11.6. The van der Waals surface area contributed by atoms with Gasteiger partial charge in [-0.1, -0.05) is 54.2 Å². The molecule has 2 atom stereocenters. The summed E-state index contributed by atoms with van der Waals surface area (Å²) in [5.41, 5.74) is 2.09. The number of nitrogens with zero attached hydrogens (tertiary/aromatic N) is 3. The van der Waals surface area contributed by atoms with Crippen molar-refractivity contribution >= 4 is 57.0 Å². The van der Waals surface area contributed by atoms with Crippen molar-refractivity contribution in [3.8, 4) is 0 Å². The van der Waals surface area contributed by atoms with E-state index in [-0.39, 0.29) is 5.92 Å². The second-order valence-corrected chi connectivity index (χ2v) is 9.23. The van der Waals surface area contributed by atoms with Gasteiger partial charge in [-0.3, -0.25) is 0 Å². The lowest BCUT2D eigenvalue weighted by Gasteiger charge is -2.30. The van der Waals surface area contributed by atoms with Crippen molar-refractivity contribution in [2.24, 2.45) is 5.92 Å². The Balaban J connectivity index is 1.99. The zero-order valence-corrected chi connectivity index (χ0v) is 19.5. The molecule has 30 heavy (non-hydrogen) atoms. The standard InChI is InChI=1S/C23H26Cl3N3O/c1-3-6-16(14(2)30)17-7-4-8-18(25)21-22(17)29-12-5-11-28(23(29)27-21)20-10-9-15(24)13-19(20)26/h4,8-10,13-14,16,30H,3,5-7,11-12H2,1-2H3. The maximum absolute atomic E-state index is 10.6. The molecule has 2 aliphatic rings. The smallest absolute Gasteiger partial charge is 0.211 e. The molecule has 1 N–H and O–H groups in total. The molecule has 0 amide bonds. The monoisotopic (exact) mass is 465 g/mol. The molecule has 0 fully saturated rings. The Morgan fingerprint density at radius 3 is 2.70 bits per heavy atom. The van der Waals surface area contributed by atoms with Gasteiger partial charge in [0.15, 0.2) is 0 Å². The normalized spacial score (nSPS) is 18.1. The Labute approximate surface area is 192 Å². The quantitative estimate of drug-likeness (QED) is 0.675.